The highest BCUT2D eigenvalue weighted by Crippen LogP contribution is 2.49. The van der Waals surface area contributed by atoms with Gasteiger partial charge in [-0.25, -0.2) is 0 Å². The van der Waals surface area contributed by atoms with E-state index >= 15 is 0 Å². The highest BCUT2D eigenvalue weighted by Gasteiger charge is 2.51. The van der Waals surface area contributed by atoms with Crippen LogP contribution in [0.1, 0.15) is 61.9 Å². The van der Waals surface area contributed by atoms with Gasteiger partial charge in [0.2, 0.25) is 0 Å². The Morgan fingerprint density at radius 3 is 2.80 bits per heavy atom. The van der Waals surface area contributed by atoms with Crippen molar-refractivity contribution in [3.05, 3.63) is 52.3 Å². The third kappa shape index (κ3) is 3.96. The third-order valence-corrected chi connectivity index (χ3v) is 12.2. The minimum Gasteiger partial charge on any atom is -0.508 e. The molecule has 1 amide bonds. The molecule has 1 aromatic heterocycles. The monoisotopic (exact) mass is 612 g/mol. The Balaban J connectivity index is 1.16. The van der Waals surface area contributed by atoms with Gasteiger partial charge in [-0.05, 0) is 88.4 Å². The van der Waals surface area contributed by atoms with Crippen molar-refractivity contribution in [2.45, 2.75) is 88.0 Å². The van der Waals surface area contributed by atoms with Crippen molar-refractivity contribution in [3.8, 4) is 5.75 Å². The first kappa shape index (κ1) is 27.3. The number of pyridine rings is 1. The van der Waals surface area contributed by atoms with Gasteiger partial charge in [-0.1, -0.05) is 23.7 Å². The minimum atomic E-state index is -0.156. The molecule has 3 aromatic rings. The van der Waals surface area contributed by atoms with E-state index in [9.17, 15) is 9.90 Å². The number of rotatable bonds is 4. The number of nitrogens with zero attached hydrogens (tertiary/aromatic N) is 5. The molecule has 44 heavy (non-hydrogen) atoms. The molecule has 0 aliphatic carbocycles. The number of carbonyl (C=O) groups is 1. The van der Waals surface area contributed by atoms with Gasteiger partial charge in [0.1, 0.15) is 11.8 Å². The van der Waals surface area contributed by atoms with E-state index in [0.717, 1.165) is 78.7 Å². The van der Waals surface area contributed by atoms with Crippen LogP contribution in [-0.4, -0.2) is 77.8 Å². The molecule has 4 fully saturated rings. The van der Waals surface area contributed by atoms with Crippen LogP contribution in [0.3, 0.4) is 0 Å². The molecule has 0 spiro atoms. The zero-order valence-electron chi connectivity index (χ0n) is 25.5. The van der Waals surface area contributed by atoms with Crippen molar-refractivity contribution in [2.24, 2.45) is 0 Å². The Kier molecular flexibility index (Phi) is 6.17. The van der Waals surface area contributed by atoms with Crippen molar-refractivity contribution in [1.29, 1.82) is 0 Å². The molecule has 9 heteroatoms. The lowest BCUT2D eigenvalue weighted by atomic mass is 9.86. The number of aryl methyl sites for hydroxylation is 1. The van der Waals surface area contributed by atoms with E-state index in [4.69, 9.17) is 16.6 Å². The van der Waals surface area contributed by atoms with Gasteiger partial charge in [-0.15, -0.1) is 0 Å². The fourth-order valence-corrected chi connectivity index (χ4v) is 10.2. The Labute approximate surface area is 264 Å². The van der Waals surface area contributed by atoms with Crippen molar-refractivity contribution in [3.63, 3.8) is 0 Å². The maximum atomic E-state index is 14.1. The quantitative estimate of drug-likeness (QED) is 0.429. The number of fused-ring (bicyclic) bond motifs is 10. The van der Waals surface area contributed by atoms with E-state index in [-0.39, 0.29) is 23.7 Å². The number of phenolic OH excluding ortho intramolecular Hbond substituents is 1. The number of amides is 1. The Hall–Kier alpha value is -3.07. The SMILES string of the molecule is CN1C(=O)C2C3CCC(CN2c2c4c(nc(CCC56CCCN5CCC6)c21)CN(c1cc(O)cc2cccc(Cl)c12)CC4)N3. The van der Waals surface area contributed by atoms with Crippen LogP contribution in [0.4, 0.5) is 17.1 Å². The molecule has 9 rings (SSSR count). The lowest BCUT2D eigenvalue weighted by Crippen LogP contribution is -2.66. The first-order valence-corrected chi connectivity index (χ1v) is 17.0. The van der Waals surface area contributed by atoms with Crippen molar-refractivity contribution in [2.75, 3.05) is 47.9 Å². The molecule has 2 aromatic carbocycles. The highest BCUT2D eigenvalue weighted by atomic mass is 35.5. The van der Waals surface area contributed by atoms with Crippen LogP contribution in [0.25, 0.3) is 10.8 Å². The van der Waals surface area contributed by atoms with Crippen molar-refractivity contribution < 1.29 is 9.90 Å². The number of aromatic hydroxyl groups is 1. The first-order valence-electron chi connectivity index (χ1n) is 16.7. The van der Waals surface area contributed by atoms with Crippen LogP contribution in [0.5, 0.6) is 5.75 Å². The summed E-state index contributed by atoms with van der Waals surface area (Å²) >= 11 is 6.76. The maximum Gasteiger partial charge on any atom is 0.251 e. The molecule has 0 saturated carbocycles. The highest BCUT2D eigenvalue weighted by molar-refractivity contribution is 6.36. The fourth-order valence-electron chi connectivity index (χ4n) is 9.88. The van der Waals surface area contributed by atoms with E-state index in [1.165, 1.54) is 50.0 Å². The number of carbonyl (C=O) groups excluding carboxylic acids is 1. The minimum absolute atomic E-state index is 0.156. The van der Waals surface area contributed by atoms with Crippen LogP contribution < -0.4 is 20.0 Å². The molecule has 2 N–H and O–H groups in total. The molecule has 0 radical (unpaired) electrons. The summed E-state index contributed by atoms with van der Waals surface area (Å²) in [6.45, 7) is 4.75. The summed E-state index contributed by atoms with van der Waals surface area (Å²) in [5.74, 6) is 0.453. The zero-order valence-corrected chi connectivity index (χ0v) is 26.2. The summed E-state index contributed by atoms with van der Waals surface area (Å²) in [4.78, 5) is 29.1. The molecular weight excluding hydrogens is 572 g/mol. The molecule has 2 bridgehead atoms. The van der Waals surface area contributed by atoms with E-state index in [0.29, 0.717) is 23.1 Å². The van der Waals surface area contributed by atoms with Crippen LogP contribution in [0, 0.1) is 0 Å². The Bertz CT molecular complexity index is 1680. The van der Waals surface area contributed by atoms with Gasteiger partial charge in [0.05, 0.1) is 40.0 Å². The number of nitrogens with one attached hydrogen (secondary N) is 1. The van der Waals surface area contributed by atoms with Gasteiger partial charge in [0.25, 0.3) is 5.91 Å². The predicted octanol–water partition coefficient (Wildman–Crippen LogP) is 5.00. The number of phenols is 1. The van der Waals surface area contributed by atoms with Crippen LogP contribution in [0.15, 0.2) is 30.3 Å². The second-order valence-electron chi connectivity index (χ2n) is 14.1. The Morgan fingerprint density at radius 1 is 1.11 bits per heavy atom. The summed E-state index contributed by atoms with van der Waals surface area (Å²) in [7, 11) is 1.99. The van der Waals surface area contributed by atoms with E-state index in [2.05, 4.69) is 20.0 Å². The van der Waals surface area contributed by atoms with Gasteiger partial charge < -0.3 is 25.1 Å². The van der Waals surface area contributed by atoms with Crippen molar-refractivity contribution >= 4 is 45.3 Å². The molecule has 4 saturated heterocycles. The molecule has 3 unspecified atom stereocenters. The van der Waals surface area contributed by atoms with Gasteiger partial charge in [0.15, 0.2) is 0 Å². The molecule has 6 aliphatic heterocycles. The van der Waals surface area contributed by atoms with Crippen LogP contribution in [0.2, 0.25) is 5.02 Å². The summed E-state index contributed by atoms with van der Waals surface area (Å²) in [6.07, 6.45) is 10.1. The van der Waals surface area contributed by atoms with E-state index in [1.807, 2.05) is 36.2 Å². The van der Waals surface area contributed by atoms with Crippen LogP contribution in [-0.2, 0) is 24.2 Å². The van der Waals surface area contributed by atoms with Gasteiger partial charge in [0, 0.05) is 54.8 Å². The third-order valence-electron chi connectivity index (χ3n) is 11.9. The first-order chi connectivity index (χ1) is 21.4. The smallest absolute Gasteiger partial charge is 0.251 e. The van der Waals surface area contributed by atoms with Gasteiger partial charge >= 0.3 is 0 Å². The lowest BCUT2D eigenvalue weighted by molar-refractivity contribution is -0.120. The number of piperazine rings is 1. The number of aromatic nitrogens is 1. The average molecular weight is 613 g/mol. The lowest BCUT2D eigenvalue weighted by Gasteiger charge is -2.49. The second kappa shape index (κ2) is 9.96. The van der Waals surface area contributed by atoms with Crippen molar-refractivity contribution in [1.82, 2.24) is 15.2 Å². The number of likely N-dealkylation sites (N-methyl/N-ethyl adjacent to an activating group) is 1. The average Bonchev–Trinajstić information content (AvgIpc) is 3.71. The molecule has 3 atom stereocenters. The number of hydrogen-bond acceptors (Lipinski definition) is 7. The molecular formula is C35H41ClN6O2. The van der Waals surface area contributed by atoms with Gasteiger partial charge in [-0.3, -0.25) is 14.7 Å². The summed E-state index contributed by atoms with van der Waals surface area (Å²) in [5.41, 5.74) is 7.05. The molecule has 6 aliphatic rings. The molecule has 7 heterocycles. The maximum absolute atomic E-state index is 14.1. The topological polar surface area (TPSA) is 75.2 Å². The zero-order chi connectivity index (χ0) is 29.7. The summed E-state index contributed by atoms with van der Waals surface area (Å²) < 4.78 is 0. The van der Waals surface area contributed by atoms with Gasteiger partial charge in [-0.2, -0.15) is 0 Å². The summed E-state index contributed by atoms with van der Waals surface area (Å²) in [6, 6.07) is 9.98. The molecule has 230 valence electrons. The number of halogens is 1. The molecule has 8 nitrogen and oxygen atoms in total. The number of anilines is 3. The fraction of sp³-hybridized carbons (Fsp3) is 0.543. The summed E-state index contributed by atoms with van der Waals surface area (Å²) in [5, 5.41) is 17.0. The number of benzene rings is 2. The number of hydrogen-bond donors (Lipinski definition) is 2. The normalized spacial score (nSPS) is 27.1. The predicted molar refractivity (Wildman–Crippen MR) is 175 cm³/mol. The second-order valence-corrected chi connectivity index (χ2v) is 14.5. The standard InChI is InChI=1S/C35H41ClN6O2/c1-39-32-27(9-13-35-11-3-14-41(35)15-4-12-35)38-28-20-40(29-18-23(43)17-21-5-2-6-25(36)30(21)29)16-10-24(28)31(32)42-19-22-7-8-26(37-22)33(42)34(39)44/h2,5-6,17-18,22,26,33,37,43H,3-4,7-16,19-20H2,1H3. The van der Waals surface area contributed by atoms with E-state index in [1.54, 1.807) is 6.07 Å². The largest absolute Gasteiger partial charge is 0.508 e. The van der Waals surface area contributed by atoms with E-state index < -0.39 is 0 Å². The van der Waals surface area contributed by atoms with Crippen LogP contribution >= 0.6 is 11.6 Å². The Morgan fingerprint density at radius 2 is 1.95 bits per heavy atom.